The first-order chi connectivity index (χ1) is 6.77. The molecule has 0 saturated heterocycles. The normalized spacial score (nSPS) is 22.3. The molecule has 0 bridgehead atoms. The van der Waals surface area contributed by atoms with Crippen molar-refractivity contribution in [3.63, 3.8) is 0 Å². The maximum atomic E-state index is 11.3. The number of Topliss-reactive ketones (excluding diaryl/α,β-unsaturated/α-hetero) is 1. The number of phenolic OH excluding ortho intramolecular Hbond substituents is 1. The monoisotopic (exact) mass is 190 g/mol. The lowest BCUT2D eigenvalue weighted by Gasteiger charge is -2.21. The number of rotatable bonds is 1. The fourth-order valence-electron chi connectivity index (χ4n) is 2.12. The number of hydrogen-bond donors (Lipinski definition) is 1. The van der Waals surface area contributed by atoms with E-state index in [-0.39, 0.29) is 5.92 Å². The molecule has 0 spiro atoms. The van der Waals surface area contributed by atoms with Gasteiger partial charge in [0.2, 0.25) is 0 Å². The van der Waals surface area contributed by atoms with Crippen molar-refractivity contribution in [3.8, 4) is 5.75 Å². The Labute approximate surface area is 83.6 Å². The molecule has 2 rings (SSSR count). The lowest BCUT2D eigenvalue weighted by molar-refractivity contribution is -0.120. The molecular weight excluding hydrogens is 176 g/mol. The summed E-state index contributed by atoms with van der Waals surface area (Å²) in [7, 11) is 0. The third-order valence-corrected chi connectivity index (χ3v) is 2.86. The van der Waals surface area contributed by atoms with Gasteiger partial charge in [0.1, 0.15) is 11.5 Å². The van der Waals surface area contributed by atoms with Crippen LogP contribution in [-0.2, 0) is 4.79 Å². The Kier molecular flexibility index (Phi) is 2.53. The average Bonchev–Trinajstić information content (AvgIpc) is 2.18. The number of ketones is 1. The minimum atomic E-state index is 0.234. The van der Waals surface area contributed by atoms with Crippen molar-refractivity contribution < 1.29 is 9.90 Å². The van der Waals surface area contributed by atoms with Crippen molar-refractivity contribution in [2.24, 2.45) is 0 Å². The standard InChI is InChI=1S/C12H14O2/c13-10-5-3-4-9(8-10)11-6-1-2-7-12(11)14/h1-2,6-7,9,14H,3-5,8H2/t9-/m0/s1. The number of carbonyl (C=O) groups excluding carboxylic acids is 1. The van der Waals surface area contributed by atoms with E-state index in [4.69, 9.17) is 0 Å². The predicted molar refractivity (Wildman–Crippen MR) is 54.3 cm³/mol. The lowest BCUT2D eigenvalue weighted by Crippen LogP contribution is -2.13. The molecule has 0 unspecified atom stereocenters. The fourth-order valence-corrected chi connectivity index (χ4v) is 2.12. The second-order valence-electron chi connectivity index (χ2n) is 3.89. The first-order valence-corrected chi connectivity index (χ1v) is 5.07. The molecule has 1 atom stereocenters. The summed E-state index contributed by atoms with van der Waals surface area (Å²) in [6, 6.07) is 7.32. The first kappa shape index (κ1) is 9.25. The van der Waals surface area contributed by atoms with Crippen LogP contribution in [0, 0.1) is 0 Å². The van der Waals surface area contributed by atoms with Gasteiger partial charge in [0.05, 0.1) is 0 Å². The highest BCUT2D eigenvalue weighted by molar-refractivity contribution is 5.80. The van der Waals surface area contributed by atoms with Gasteiger partial charge >= 0.3 is 0 Å². The molecule has 2 heteroatoms. The fraction of sp³-hybridized carbons (Fsp3) is 0.417. The minimum Gasteiger partial charge on any atom is -0.508 e. The molecule has 74 valence electrons. The van der Waals surface area contributed by atoms with Gasteiger partial charge in [-0.3, -0.25) is 4.79 Å². The van der Waals surface area contributed by atoms with Crippen LogP contribution in [-0.4, -0.2) is 10.9 Å². The SMILES string of the molecule is O=C1CCC[C@H](c2ccccc2O)C1. The summed E-state index contributed by atoms with van der Waals surface area (Å²) in [5.74, 6) is 0.883. The van der Waals surface area contributed by atoms with E-state index in [9.17, 15) is 9.90 Å². The third kappa shape index (κ3) is 1.79. The summed E-state index contributed by atoms with van der Waals surface area (Å²) < 4.78 is 0. The molecule has 1 aromatic carbocycles. The number of hydrogen-bond acceptors (Lipinski definition) is 2. The van der Waals surface area contributed by atoms with E-state index in [1.165, 1.54) is 0 Å². The van der Waals surface area contributed by atoms with Crippen molar-refractivity contribution in [3.05, 3.63) is 29.8 Å². The van der Waals surface area contributed by atoms with E-state index in [0.29, 0.717) is 24.4 Å². The van der Waals surface area contributed by atoms with Crippen LogP contribution < -0.4 is 0 Å². The van der Waals surface area contributed by atoms with Gasteiger partial charge in [-0.15, -0.1) is 0 Å². The van der Waals surface area contributed by atoms with E-state index in [1.807, 2.05) is 18.2 Å². The predicted octanol–water partition coefficient (Wildman–Crippen LogP) is 2.62. The van der Waals surface area contributed by atoms with Crippen LogP contribution in [0.2, 0.25) is 0 Å². The maximum Gasteiger partial charge on any atom is 0.133 e. The zero-order valence-corrected chi connectivity index (χ0v) is 8.07. The van der Waals surface area contributed by atoms with E-state index in [0.717, 1.165) is 18.4 Å². The van der Waals surface area contributed by atoms with Gasteiger partial charge in [0, 0.05) is 12.8 Å². The minimum absolute atomic E-state index is 0.234. The topological polar surface area (TPSA) is 37.3 Å². The largest absolute Gasteiger partial charge is 0.508 e. The molecule has 1 aromatic rings. The first-order valence-electron chi connectivity index (χ1n) is 5.07. The molecule has 0 amide bonds. The van der Waals surface area contributed by atoms with Crippen LogP contribution in [0.4, 0.5) is 0 Å². The van der Waals surface area contributed by atoms with Crippen molar-refractivity contribution >= 4 is 5.78 Å². The van der Waals surface area contributed by atoms with E-state index in [2.05, 4.69) is 0 Å². The van der Waals surface area contributed by atoms with Crippen LogP contribution in [0.5, 0.6) is 5.75 Å². The van der Waals surface area contributed by atoms with E-state index >= 15 is 0 Å². The van der Waals surface area contributed by atoms with Crippen LogP contribution in [0.25, 0.3) is 0 Å². The smallest absolute Gasteiger partial charge is 0.133 e. The lowest BCUT2D eigenvalue weighted by atomic mass is 9.83. The molecule has 0 heterocycles. The summed E-state index contributed by atoms with van der Waals surface area (Å²) in [6.07, 6.45) is 3.28. The summed E-state index contributed by atoms with van der Waals surface area (Å²) >= 11 is 0. The van der Waals surface area contributed by atoms with Gasteiger partial charge in [-0.05, 0) is 30.4 Å². The Balaban J connectivity index is 2.22. The summed E-state index contributed by atoms with van der Waals surface area (Å²) in [5.41, 5.74) is 0.931. The van der Waals surface area contributed by atoms with Gasteiger partial charge in [-0.2, -0.15) is 0 Å². The van der Waals surface area contributed by atoms with E-state index < -0.39 is 0 Å². The number of aromatic hydroxyl groups is 1. The Hall–Kier alpha value is -1.31. The van der Waals surface area contributed by atoms with Gasteiger partial charge in [0.25, 0.3) is 0 Å². The third-order valence-electron chi connectivity index (χ3n) is 2.86. The number of carbonyl (C=O) groups is 1. The Bertz CT molecular complexity index is 344. The van der Waals surface area contributed by atoms with Gasteiger partial charge in [-0.1, -0.05) is 18.2 Å². The zero-order valence-electron chi connectivity index (χ0n) is 8.07. The second kappa shape index (κ2) is 3.82. The Morgan fingerprint density at radius 1 is 1.29 bits per heavy atom. The molecular formula is C12H14O2. The molecule has 0 aliphatic heterocycles. The van der Waals surface area contributed by atoms with Crippen LogP contribution in [0.1, 0.15) is 37.2 Å². The second-order valence-corrected chi connectivity index (χ2v) is 3.89. The molecule has 14 heavy (non-hydrogen) atoms. The van der Waals surface area contributed by atoms with Crippen molar-refractivity contribution in [2.45, 2.75) is 31.6 Å². The van der Waals surface area contributed by atoms with Crippen molar-refractivity contribution in [1.82, 2.24) is 0 Å². The Morgan fingerprint density at radius 2 is 2.07 bits per heavy atom. The molecule has 0 radical (unpaired) electrons. The highest BCUT2D eigenvalue weighted by atomic mass is 16.3. The van der Waals surface area contributed by atoms with Gasteiger partial charge in [-0.25, -0.2) is 0 Å². The molecule has 1 aliphatic rings. The quantitative estimate of drug-likeness (QED) is 0.739. The van der Waals surface area contributed by atoms with Gasteiger partial charge < -0.3 is 5.11 Å². The summed E-state index contributed by atoms with van der Waals surface area (Å²) in [6.45, 7) is 0. The maximum absolute atomic E-state index is 11.3. The summed E-state index contributed by atoms with van der Waals surface area (Å²) in [5, 5.41) is 9.64. The molecule has 1 N–H and O–H groups in total. The Morgan fingerprint density at radius 3 is 2.79 bits per heavy atom. The van der Waals surface area contributed by atoms with Crippen LogP contribution in [0.3, 0.4) is 0 Å². The number of para-hydroxylation sites is 1. The number of benzene rings is 1. The van der Waals surface area contributed by atoms with Gasteiger partial charge in [0.15, 0.2) is 0 Å². The highest BCUT2D eigenvalue weighted by Gasteiger charge is 2.22. The highest BCUT2D eigenvalue weighted by Crippen LogP contribution is 2.35. The van der Waals surface area contributed by atoms with E-state index in [1.54, 1.807) is 6.07 Å². The van der Waals surface area contributed by atoms with Crippen LogP contribution >= 0.6 is 0 Å². The average molecular weight is 190 g/mol. The number of phenols is 1. The molecule has 1 aliphatic carbocycles. The molecule has 0 aromatic heterocycles. The van der Waals surface area contributed by atoms with Crippen LogP contribution in [0.15, 0.2) is 24.3 Å². The van der Waals surface area contributed by atoms with Crippen molar-refractivity contribution in [1.29, 1.82) is 0 Å². The summed E-state index contributed by atoms with van der Waals surface area (Å²) in [4.78, 5) is 11.3. The molecule has 2 nitrogen and oxygen atoms in total. The zero-order chi connectivity index (χ0) is 9.97. The molecule has 1 saturated carbocycles. The van der Waals surface area contributed by atoms with Crippen molar-refractivity contribution in [2.75, 3.05) is 0 Å². The molecule has 1 fully saturated rings.